The molecule has 2 aliphatic rings. The fourth-order valence-corrected chi connectivity index (χ4v) is 3.43. The Morgan fingerprint density at radius 1 is 1.29 bits per heavy atom. The summed E-state index contributed by atoms with van der Waals surface area (Å²) in [5.74, 6) is 2.70. The van der Waals surface area contributed by atoms with E-state index in [-0.39, 0.29) is 5.91 Å². The first-order chi connectivity index (χ1) is 10.3. The van der Waals surface area contributed by atoms with Crippen LogP contribution < -0.4 is 15.8 Å². The Morgan fingerprint density at radius 3 is 2.90 bits per heavy atom. The molecule has 1 aromatic carbocycles. The molecule has 21 heavy (non-hydrogen) atoms. The third-order valence-corrected chi connectivity index (χ3v) is 4.77. The molecule has 1 saturated carbocycles. The van der Waals surface area contributed by atoms with Crippen molar-refractivity contribution in [3.05, 3.63) is 29.8 Å². The standard InChI is InChI=1S/C17H24N2O2/c18-10-13-7-12(8-13)9-17(20)19-11-14-5-6-21-16-4-2-1-3-15(14)16/h1-4,12-14H,5-11,18H2,(H,19,20). The quantitative estimate of drug-likeness (QED) is 0.871. The van der Waals surface area contributed by atoms with Crippen molar-refractivity contribution in [2.75, 3.05) is 19.7 Å². The van der Waals surface area contributed by atoms with Crippen LogP contribution in [0.15, 0.2) is 24.3 Å². The number of rotatable bonds is 5. The summed E-state index contributed by atoms with van der Waals surface area (Å²) in [4.78, 5) is 12.0. The number of benzene rings is 1. The third kappa shape index (κ3) is 3.38. The van der Waals surface area contributed by atoms with E-state index in [4.69, 9.17) is 10.5 Å². The molecule has 4 heteroatoms. The zero-order valence-electron chi connectivity index (χ0n) is 12.4. The highest BCUT2D eigenvalue weighted by Gasteiger charge is 2.29. The van der Waals surface area contributed by atoms with Gasteiger partial charge in [0.05, 0.1) is 6.61 Å². The predicted molar refractivity (Wildman–Crippen MR) is 82.2 cm³/mol. The summed E-state index contributed by atoms with van der Waals surface area (Å²) < 4.78 is 5.65. The predicted octanol–water partition coefficient (Wildman–Crippen LogP) is 2.04. The van der Waals surface area contributed by atoms with E-state index in [1.807, 2.05) is 18.2 Å². The molecule has 1 atom stereocenters. The lowest BCUT2D eigenvalue weighted by atomic mass is 9.73. The SMILES string of the molecule is NCC1CC(CC(=O)NCC2CCOc3ccccc32)C1. The van der Waals surface area contributed by atoms with Crippen LogP contribution in [0.1, 0.15) is 37.2 Å². The maximum absolute atomic E-state index is 12.0. The van der Waals surface area contributed by atoms with Crippen molar-refractivity contribution in [3.8, 4) is 5.75 Å². The zero-order valence-corrected chi connectivity index (χ0v) is 12.4. The van der Waals surface area contributed by atoms with Crippen LogP contribution in [0.3, 0.4) is 0 Å². The van der Waals surface area contributed by atoms with Crippen LogP contribution in [0.5, 0.6) is 5.75 Å². The van der Waals surface area contributed by atoms with Gasteiger partial charge in [-0.2, -0.15) is 0 Å². The van der Waals surface area contributed by atoms with E-state index in [1.165, 1.54) is 5.56 Å². The Morgan fingerprint density at radius 2 is 2.10 bits per heavy atom. The van der Waals surface area contributed by atoms with Gasteiger partial charge in [-0.15, -0.1) is 0 Å². The Labute approximate surface area is 126 Å². The highest BCUT2D eigenvalue weighted by molar-refractivity contribution is 5.76. The second kappa shape index (κ2) is 6.48. The molecule has 3 N–H and O–H groups in total. The second-order valence-electron chi connectivity index (χ2n) is 6.32. The average molecular weight is 288 g/mol. The van der Waals surface area contributed by atoms with E-state index < -0.39 is 0 Å². The van der Waals surface area contributed by atoms with Gasteiger partial charge in [0.1, 0.15) is 5.75 Å². The van der Waals surface area contributed by atoms with Crippen molar-refractivity contribution in [1.82, 2.24) is 5.32 Å². The molecule has 0 bridgehead atoms. The first-order valence-electron chi connectivity index (χ1n) is 7.94. The molecule has 4 nitrogen and oxygen atoms in total. The summed E-state index contributed by atoms with van der Waals surface area (Å²) in [5.41, 5.74) is 6.83. The fourth-order valence-electron chi connectivity index (χ4n) is 3.43. The monoisotopic (exact) mass is 288 g/mol. The van der Waals surface area contributed by atoms with E-state index in [1.54, 1.807) is 0 Å². The molecule has 3 rings (SSSR count). The average Bonchev–Trinajstić information content (AvgIpc) is 2.48. The van der Waals surface area contributed by atoms with Crippen LogP contribution >= 0.6 is 0 Å². The van der Waals surface area contributed by atoms with Crippen LogP contribution in [0.2, 0.25) is 0 Å². The van der Waals surface area contributed by atoms with Crippen LogP contribution in [0, 0.1) is 11.8 Å². The molecule has 1 aliphatic carbocycles. The number of fused-ring (bicyclic) bond motifs is 1. The smallest absolute Gasteiger partial charge is 0.220 e. The van der Waals surface area contributed by atoms with Crippen LogP contribution in [-0.2, 0) is 4.79 Å². The molecule has 1 aromatic rings. The zero-order chi connectivity index (χ0) is 14.7. The van der Waals surface area contributed by atoms with Gasteiger partial charge >= 0.3 is 0 Å². The van der Waals surface area contributed by atoms with Crippen molar-refractivity contribution in [2.45, 2.75) is 31.6 Å². The van der Waals surface area contributed by atoms with E-state index >= 15 is 0 Å². The van der Waals surface area contributed by atoms with Gasteiger partial charge in [0.15, 0.2) is 0 Å². The number of hydrogen-bond donors (Lipinski definition) is 2. The Kier molecular flexibility index (Phi) is 4.44. The minimum Gasteiger partial charge on any atom is -0.493 e. The number of ether oxygens (including phenoxy) is 1. The lowest BCUT2D eigenvalue weighted by Gasteiger charge is -2.34. The molecular formula is C17H24N2O2. The Hall–Kier alpha value is -1.55. The number of carbonyl (C=O) groups is 1. The van der Waals surface area contributed by atoms with Crippen molar-refractivity contribution >= 4 is 5.91 Å². The summed E-state index contributed by atoms with van der Waals surface area (Å²) in [6.45, 7) is 2.21. The molecule has 114 valence electrons. The molecule has 0 radical (unpaired) electrons. The summed E-state index contributed by atoms with van der Waals surface area (Å²) >= 11 is 0. The molecule has 1 amide bonds. The number of nitrogens with two attached hydrogens (primary N) is 1. The van der Waals surface area contributed by atoms with Gasteiger partial charge in [-0.3, -0.25) is 4.79 Å². The molecule has 1 heterocycles. The number of amides is 1. The van der Waals surface area contributed by atoms with E-state index in [0.29, 0.717) is 30.7 Å². The lowest BCUT2D eigenvalue weighted by molar-refractivity contribution is -0.123. The van der Waals surface area contributed by atoms with Crippen LogP contribution in [0.25, 0.3) is 0 Å². The van der Waals surface area contributed by atoms with E-state index in [0.717, 1.165) is 38.2 Å². The summed E-state index contributed by atoms with van der Waals surface area (Å²) in [6.07, 6.45) is 3.85. The van der Waals surface area contributed by atoms with Crippen LogP contribution in [0.4, 0.5) is 0 Å². The van der Waals surface area contributed by atoms with Crippen LogP contribution in [-0.4, -0.2) is 25.6 Å². The Bertz CT molecular complexity index is 497. The molecule has 0 spiro atoms. The summed E-state index contributed by atoms with van der Waals surface area (Å²) in [6, 6.07) is 8.13. The molecule has 1 fully saturated rings. The summed E-state index contributed by atoms with van der Waals surface area (Å²) in [7, 11) is 0. The highest BCUT2D eigenvalue weighted by atomic mass is 16.5. The number of para-hydroxylation sites is 1. The van der Waals surface area contributed by atoms with Crippen molar-refractivity contribution in [3.63, 3.8) is 0 Å². The number of hydrogen-bond acceptors (Lipinski definition) is 3. The normalized spacial score (nSPS) is 27.2. The third-order valence-electron chi connectivity index (χ3n) is 4.77. The second-order valence-corrected chi connectivity index (χ2v) is 6.32. The maximum Gasteiger partial charge on any atom is 0.220 e. The van der Waals surface area contributed by atoms with Gasteiger partial charge in [-0.25, -0.2) is 0 Å². The number of carbonyl (C=O) groups excluding carboxylic acids is 1. The van der Waals surface area contributed by atoms with Gasteiger partial charge in [0, 0.05) is 18.9 Å². The lowest BCUT2D eigenvalue weighted by Crippen LogP contribution is -2.36. The summed E-state index contributed by atoms with van der Waals surface area (Å²) in [5, 5.41) is 3.10. The van der Waals surface area contributed by atoms with E-state index in [2.05, 4.69) is 11.4 Å². The maximum atomic E-state index is 12.0. The van der Waals surface area contributed by atoms with Crippen molar-refractivity contribution in [1.29, 1.82) is 0 Å². The Balaban J connectivity index is 1.46. The van der Waals surface area contributed by atoms with Crippen molar-refractivity contribution in [2.24, 2.45) is 17.6 Å². The van der Waals surface area contributed by atoms with Crippen molar-refractivity contribution < 1.29 is 9.53 Å². The largest absolute Gasteiger partial charge is 0.493 e. The molecule has 1 unspecified atom stereocenters. The molecular weight excluding hydrogens is 264 g/mol. The molecule has 0 aromatic heterocycles. The van der Waals surface area contributed by atoms with E-state index in [9.17, 15) is 4.79 Å². The minimum atomic E-state index is 0.180. The minimum absolute atomic E-state index is 0.180. The first kappa shape index (κ1) is 14.4. The van der Waals surface area contributed by atoms with Gasteiger partial charge in [0.25, 0.3) is 0 Å². The topological polar surface area (TPSA) is 64.4 Å². The number of nitrogens with one attached hydrogen (secondary N) is 1. The van der Waals surface area contributed by atoms with Gasteiger partial charge in [-0.05, 0) is 49.3 Å². The van der Waals surface area contributed by atoms with Gasteiger partial charge in [0.2, 0.25) is 5.91 Å². The van der Waals surface area contributed by atoms with Gasteiger partial charge in [-0.1, -0.05) is 18.2 Å². The fraction of sp³-hybridized carbons (Fsp3) is 0.588. The first-order valence-corrected chi connectivity index (χ1v) is 7.94. The molecule has 1 aliphatic heterocycles. The highest BCUT2D eigenvalue weighted by Crippen LogP contribution is 2.35. The molecule has 0 saturated heterocycles. The van der Waals surface area contributed by atoms with Gasteiger partial charge < -0.3 is 15.8 Å².